The molecular weight excluding hydrogens is 214 g/mol. The third-order valence-electron chi connectivity index (χ3n) is 7.04. The molecule has 0 bridgehead atoms. The predicted octanol–water partition coefficient (Wildman–Crippen LogP) is 3.02. The molecule has 3 fully saturated rings. The van der Waals surface area contributed by atoms with Crippen molar-refractivity contribution in [2.24, 2.45) is 29.6 Å². The summed E-state index contributed by atoms with van der Waals surface area (Å²) in [7, 11) is 5.14. The summed E-state index contributed by atoms with van der Waals surface area (Å²) in [6.45, 7) is 2.42. The van der Waals surface area contributed by atoms with Crippen LogP contribution in [-0.4, -0.2) is 15.7 Å². The maximum absolute atomic E-state index is 2.57. The van der Waals surface area contributed by atoms with Crippen molar-refractivity contribution in [3.63, 3.8) is 0 Å². The largest absolute Gasteiger partial charge is 0.0995 e. The summed E-state index contributed by atoms with van der Waals surface area (Å²) in [5, 5.41) is 0.594. The van der Waals surface area contributed by atoms with Gasteiger partial charge in [-0.2, -0.15) is 0 Å². The Morgan fingerprint density at radius 3 is 1.56 bits per heavy atom. The van der Waals surface area contributed by atoms with Crippen LogP contribution in [0.3, 0.4) is 0 Å². The summed E-state index contributed by atoms with van der Waals surface area (Å²) >= 11 is 0. The topological polar surface area (TPSA) is 0 Å². The van der Waals surface area contributed by atoms with E-state index in [1.54, 1.807) is 25.7 Å². The van der Waals surface area contributed by atoms with Gasteiger partial charge in [-0.15, -0.1) is 0 Å². The van der Waals surface area contributed by atoms with Crippen LogP contribution in [0, 0.1) is 29.6 Å². The fourth-order valence-corrected chi connectivity index (χ4v) is 6.04. The molecule has 3 aliphatic carbocycles. The van der Waals surface area contributed by atoms with Crippen molar-refractivity contribution in [2.45, 2.75) is 69.9 Å². The molecule has 0 radical (unpaired) electrons. The molecule has 4 atom stereocenters. The van der Waals surface area contributed by atoms with Gasteiger partial charge in [0.25, 0.3) is 0 Å². The van der Waals surface area contributed by atoms with Crippen LogP contribution < -0.4 is 0 Å². The Balaban J connectivity index is 1.90. The number of hydrogen-bond donors (Lipinski definition) is 0. The zero-order chi connectivity index (χ0) is 12.8. The summed E-state index contributed by atoms with van der Waals surface area (Å²) in [5.41, 5.74) is 0. The number of hydrogen-bond acceptors (Lipinski definition) is 0. The molecule has 3 aliphatic rings. The average molecular weight is 244 g/mol. The quantitative estimate of drug-likeness (QED) is 0.655. The van der Waals surface area contributed by atoms with Crippen molar-refractivity contribution in [1.82, 2.24) is 0 Å². The Labute approximate surface area is 115 Å². The first-order valence-electron chi connectivity index (χ1n) is 8.65. The lowest BCUT2D eigenvalue weighted by molar-refractivity contribution is 0.184. The molecule has 0 saturated heterocycles. The van der Waals surface area contributed by atoms with E-state index in [9.17, 15) is 0 Å². The summed E-state index contributed by atoms with van der Waals surface area (Å²) in [4.78, 5) is 0. The van der Waals surface area contributed by atoms with Crippen LogP contribution in [0.25, 0.3) is 0 Å². The van der Waals surface area contributed by atoms with Gasteiger partial charge < -0.3 is 0 Å². The lowest BCUT2D eigenvalue weighted by atomic mass is 9.43. The smallest absolute Gasteiger partial charge is 0.0815 e. The molecule has 18 heavy (non-hydrogen) atoms. The highest BCUT2D eigenvalue weighted by Crippen LogP contribution is 2.62. The lowest BCUT2D eigenvalue weighted by Crippen LogP contribution is -2.34. The number of rotatable bonds is 2. The predicted molar refractivity (Wildman–Crippen MR) is 84.5 cm³/mol. The van der Waals surface area contributed by atoms with Crippen LogP contribution >= 0.6 is 0 Å². The van der Waals surface area contributed by atoms with Crippen molar-refractivity contribution in [1.29, 1.82) is 0 Å². The van der Waals surface area contributed by atoms with Gasteiger partial charge in [0.15, 0.2) is 0 Å². The number of fused-ring (bicyclic) bond motifs is 3. The second-order valence-corrected chi connectivity index (χ2v) is 8.09. The molecule has 0 aromatic rings. The van der Waals surface area contributed by atoms with Crippen molar-refractivity contribution >= 4 is 15.7 Å². The zero-order valence-electron chi connectivity index (χ0n) is 12.8. The second kappa shape index (κ2) is 4.91. The van der Waals surface area contributed by atoms with Crippen LogP contribution in [0.1, 0.15) is 64.7 Å². The molecular formula is C16H30B2. The van der Waals surface area contributed by atoms with Gasteiger partial charge in [0.1, 0.15) is 0 Å². The van der Waals surface area contributed by atoms with Gasteiger partial charge in [0, 0.05) is 0 Å². The Hall–Kier alpha value is 0.130. The molecule has 0 spiro atoms. The van der Waals surface area contributed by atoms with E-state index in [0.29, 0.717) is 5.21 Å². The Morgan fingerprint density at radius 1 is 0.778 bits per heavy atom. The SMILES string of the molecule is BC(B)(CC)C1C2CCCCC2C2CCCCC21. The third-order valence-corrected chi connectivity index (χ3v) is 7.04. The van der Waals surface area contributed by atoms with Gasteiger partial charge in [-0.25, -0.2) is 0 Å². The van der Waals surface area contributed by atoms with E-state index in [1.807, 2.05) is 0 Å². The molecule has 0 aliphatic heterocycles. The van der Waals surface area contributed by atoms with E-state index in [-0.39, 0.29) is 0 Å². The van der Waals surface area contributed by atoms with Gasteiger partial charge in [-0.3, -0.25) is 0 Å². The highest BCUT2D eigenvalue weighted by molar-refractivity contribution is 6.40. The van der Waals surface area contributed by atoms with Gasteiger partial charge in [0.2, 0.25) is 0 Å². The van der Waals surface area contributed by atoms with Gasteiger partial charge >= 0.3 is 0 Å². The minimum absolute atomic E-state index is 0.594. The minimum Gasteiger partial charge on any atom is -0.0815 e. The Kier molecular flexibility index (Phi) is 3.58. The van der Waals surface area contributed by atoms with Gasteiger partial charge in [0.05, 0.1) is 15.7 Å². The molecule has 0 nitrogen and oxygen atoms in total. The van der Waals surface area contributed by atoms with Crippen LogP contribution in [0.2, 0.25) is 5.21 Å². The van der Waals surface area contributed by atoms with Crippen LogP contribution in [-0.2, 0) is 0 Å². The summed E-state index contributed by atoms with van der Waals surface area (Å²) in [6, 6.07) is 0. The highest BCUT2D eigenvalue weighted by atomic mass is 14.6. The van der Waals surface area contributed by atoms with Crippen LogP contribution in [0.15, 0.2) is 0 Å². The van der Waals surface area contributed by atoms with E-state index >= 15 is 0 Å². The minimum atomic E-state index is 0.594. The van der Waals surface area contributed by atoms with Gasteiger partial charge in [-0.05, 0) is 55.3 Å². The molecule has 3 saturated carbocycles. The van der Waals surface area contributed by atoms with Crippen LogP contribution in [0.4, 0.5) is 0 Å². The molecule has 0 N–H and O–H groups in total. The van der Waals surface area contributed by atoms with Gasteiger partial charge in [-0.1, -0.05) is 44.2 Å². The summed E-state index contributed by atoms with van der Waals surface area (Å²) in [6.07, 6.45) is 13.8. The lowest BCUT2D eigenvalue weighted by Gasteiger charge is -2.42. The van der Waals surface area contributed by atoms with Crippen molar-refractivity contribution in [3.05, 3.63) is 0 Å². The third kappa shape index (κ3) is 1.98. The first kappa shape index (κ1) is 13.1. The first-order valence-corrected chi connectivity index (χ1v) is 8.65. The fraction of sp³-hybridized carbons (Fsp3) is 1.00. The second-order valence-electron chi connectivity index (χ2n) is 8.09. The Morgan fingerprint density at radius 2 is 1.17 bits per heavy atom. The standard InChI is InChI=1S/C16H30B2/c1-2-16(17,18)15-13-9-5-3-7-11(13)12-8-4-6-10-14(12)15/h11-15H,2-10,17-18H2,1H3. The Bertz CT molecular complexity index is 277. The summed E-state index contributed by atoms with van der Waals surface area (Å²) < 4.78 is 0. The first-order chi connectivity index (χ1) is 8.65. The molecule has 3 rings (SSSR count). The fourth-order valence-electron chi connectivity index (χ4n) is 6.04. The van der Waals surface area contributed by atoms with E-state index < -0.39 is 0 Å². The maximum Gasteiger partial charge on any atom is 0.0995 e. The normalized spacial score (nSPS) is 44.4. The maximum atomic E-state index is 2.57. The van der Waals surface area contributed by atoms with Crippen LogP contribution in [0.5, 0.6) is 0 Å². The molecule has 0 heterocycles. The molecule has 0 aromatic carbocycles. The highest BCUT2D eigenvalue weighted by Gasteiger charge is 2.54. The van der Waals surface area contributed by atoms with E-state index in [4.69, 9.17) is 0 Å². The zero-order valence-corrected chi connectivity index (χ0v) is 12.8. The summed E-state index contributed by atoms with van der Waals surface area (Å²) in [5.74, 6) is 5.50. The molecule has 4 unspecified atom stereocenters. The van der Waals surface area contributed by atoms with E-state index in [2.05, 4.69) is 22.6 Å². The molecule has 0 amide bonds. The monoisotopic (exact) mass is 244 g/mol. The molecule has 2 heteroatoms. The van der Waals surface area contributed by atoms with E-state index in [1.165, 1.54) is 32.1 Å². The molecule has 100 valence electrons. The molecule has 0 aromatic heterocycles. The average Bonchev–Trinajstić information content (AvgIpc) is 2.74. The van der Waals surface area contributed by atoms with Crippen molar-refractivity contribution < 1.29 is 0 Å². The van der Waals surface area contributed by atoms with Crippen molar-refractivity contribution in [3.8, 4) is 0 Å². The van der Waals surface area contributed by atoms with E-state index in [0.717, 1.165) is 29.6 Å². The van der Waals surface area contributed by atoms with Crippen molar-refractivity contribution in [2.75, 3.05) is 0 Å².